The topological polar surface area (TPSA) is 70.1 Å². The number of benzene rings is 1. The number of nitrogens with one attached hydrogen (secondary N) is 1. The minimum absolute atomic E-state index is 0.584. The molecule has 1 aromatic carbocycles. The first kappa shape index (κ1) is 22.1. The summed E-state index contributed by atoms with van der Waals surface area (Å²) in [6.45, 7) is 5.51. The van der Waals surface area contributed by atoms with E-state index in [9.17, 15) is 0 Å². The highest BCUT2D eigenvalue weighted by molar-refractivity contribution is 5.72. The Hall–Kier alpha value is -3.68. The fourth-order valence-corrected chi connectivity index (χ4v) is 4.14. The van der Waals surface area contributed by atoms with Crippen molar-refractivity contribution >= 4 is 5.82 Å². The van der Waals surface area contributed by atoms with E-state index in [1.807, 2.05) is 43.7 Å². The van der Waals surface area contributed by atoms with Gasteiger partial charge in [-0.2, -0.15) is 0 Å². The second kappa shape index (κ2) is 10.1. The zero-order valence-electron chi connectivity index (χ0n) is 19.6. The van der Waals surface area contributed by atoms with E-state index in [1.165, 1.54) is 5.56 Å². The van der Waals surface area contributed by atoms with Gasteiger partial charge in [-0.3, -0.25) is 14.9 Å². The molecule has 0 spiro atoms. The number of pyridine rings is 2. The second-order valence-electron chi connectivity index (χ2n) is 8.67. The predicted octanol–water partition coefficient (Wildman–Crippen LogP) is 4.06. The molecule has 5 rings (SSSR count). The summed E-state index contributed by atoms with van der Waals surface area (Å²) in [5, 5.41) is 3.13. The van der Waals surface area contributed by atoms with Gasteiger partial charge in [0, 0.05) is 75.6 Å². The van der Waals surface area contributed by atoms with Crippen LogP contribution in [0.15, 0.2) is 73.2 Å². The van der Waals surface area contributed by atoms with Gasteiger partial charge < -0.3 is 10.2 Å². The largest absolute Gasteiger partial charge is 0.373 e. The molecule has 0 amide bonds. The fourth-order valence-electron chi connectivity index (χ4n) is 4.14. The summed E-state index contributed by atoms with van der Waals surface area (Å²) < 4.78 is 0. The molecule has 172 valence electrons. The van der Waals surface area contributed by atoms with Gasteiger partial charge in [0.15, 0.2) is 5.82 Å². The number of hydrogen-bond donors (Lipinski definition) is 1. The molecule has 1 N–H and O–H groups in total. The second-order valence-corrected chi connectivity index (χ2v) is 8.67. The molecule has 3 aromatic heterocycles. The average molecular weight is 452 g/mol. The van der Waals surface area contributed by atoms with E-state index >= 15 is 0 Å². The summed E-state index contributed by atoms with van der Waals surface area (Å²) in [7, 11) is 4.04. The van der Waals surface area contributed by atoms with Crippen molar-refractivity contribution in [2.45, 2.75) is 6.54 Å². The van der Waals surface area contributed by atoms with E-state index in [0.29, 0.717) is 5.82 Å². The van der Waals surface area contributed by atoms with Gasteiger partial charge in [0.1, 0.15) is 11.5 Å². The van der Waals surface area contributed by atoms with Gasteiger partial charge in [0.25, 0.3) is 0 Å². The van der Waals surface area contributed by atoms with Gasteiger partial charge in [-0.05, 0) is 36.4 Å². The van der Waals surface area contributed by atoms with Crippen molar-refractivity contribution in [3.05, 3.63) is 78.8 Å². The van der Waals surface area contributed by atoms with Gasteiger partial charge in [-0.15, -0.1) is 0 Å². The lowest BCUT2D eigenvalue weighted by Gasteiger charge is -2.32. The van der Waals surface area contributed by atoms with Crippen LogP contribution in [0.2, 0.25) is 0 Å². The molecule has 34 heavy (non-hydrogen) atoms. The third kappa shape index (κ3) is 5.11. The monoisotopic (exact) mass is 451 g/mol. The van der Waals surface area contributed by atoms with Crippen LogP contribution in [-0.4, -0.2) is 70.0 Å². The summed E-state index contributed by atoms with van der Waals surface area (Å²) in [4.78, 5) is 23.2. The minimum Gasteiger partial charge on any atom is -0.373 e. The highest BCUT2D eigenvalue weighted by Crippen LogP contribution is 2.27. The predicted molar refractivity (Wildman–Crippen MR) is 136 cm³/mol. The molecule has 1 saturated heterocycles. The lowest BCUT2D eigenvalue weighted by atomic mass is 10.0. The van der Waals surface area contributed by atoms with Crippen molar-refractivity contribution in [2.75, 3.05) is 45.6 Å². The number of hydrogen-bond acceptors (Lipinski definition) is 7. The Morgan fingerprint density at radius 3 is 2.35 bits per heavy atom. The molecule has 0 saturated carbocycles. The highest BCUT2D eigenvalue weighted by atomic mass is 15.2. The quantitative estimate of drug-likeness (QED) is 0.474. The molecule has 0 bridgehead atoms. The van der Waals surface area contributed by atoms with Crippen LogP contribution in [0.5, 0.6) is 0 Å². The molecule has 7 heteroatoms. The van der Waals surface area contributed by atoms with Crippen molar-refractivity contribution in [2.24, 2.45) is 0 Å². The zero-order chi connectivity index (χ0) is 23.3. The van der Waals surface area contributed by atoms with Crippen LogP contribution in [0, 0.1) is 0 Å². The maximum atomic E-state index is 4.78. The van der Waals surface area contributed by atoms with Crippen LogP contribution < -0.4 is 5.32 Å². The maximum absolute atomic E-state index is 4.78. The number of likely N-dealkylation sites (N-methyl/N-ethyl adjacent to an activating group) is 1. The first-order chi connectivity index (χ1) is 16.7. The fraction of sp³-hybridized carbons (Fsp3) is 0.259. The molecule has 0 unspecified atom stereocenters. The van der Waals surface area contributed by atoms with E-state index in [0.717, 1.165) is 66.6 Å². The molecule has 0 atom stereocenters. The van der Waals surface area contributed by atoms with Gasteiger partial charge in [0.05, 0.1) is 5.69 Å². The molecule has 7 nitrogen and oxygen atoms in total. The molecule has 0 aliphatic carbocycles. The summed E-state index contributed by atoms with van der Waals surface area (Å²) >= 11 is 0. The summed E-state index contributed by atoms with van der Waals surface area (Å²) in [5.41, 5.74) is 6.03. The highest BCUT2D eigenvalue weighted by Gasteiger charge is 2.14. The lowest BCUT2D eigenvalue weighted by molar-refractivity contribution is 0.148. The number of piperazine rings is 1. The maximum Gasteiger partial charge on any atom is 0.180 e. The number of anilines is 1. The van der Waals surface area contributed by atoms with E-state index in [-0.39, 0.29) is 0 Å². The third-order valence-corrected chi connectivity index (χ3v) is 6.20. The smallest absolute Gasteiger partial charge is 0.180 e. The molecule has 1 fully saturated rings. The van der Waals surface area contributed by atoms with E-state index in [4.69, 9.17) is 4.98 Å². The average Bonchev–Trinajstić information content (AvgIpc) is 2.91. The normalized spacial score (nSPS) is 14.8. The van der Waals surface area contributed by atoms with Crippen molar-refractivity contribution in [3.8, 4) is 33.9 Å². The van der Waals surface area contributed by atoms with Crippen LogP contribution in [0.4, 0.5) is 5.82 Å². The zero-order valence-corrected chi connectivity index (χ0v) is 19.6. The first-order valence-corrected chi connectivity index (χ1v) is 11.6. The van der Waals surface area contributed by atoms with Gasteiger partial charge in [-0.1, -0.05) is 30.3 Å². The Morgan fingerprint density at radius 2 is 1.62 bits per heavy atom. The Balaban J connectivity index is 1.39. The van der Waals surface area contributed by atoms with Crippen molar-refractivity contribution in [1.29, 1.82) is 0 Å². The van der Waals surface area contributed by atoms with Gasteiger partial charge in [0.2, 0.25) is 0 Å². The molecule has 1 aliphatic rings. The Kier molecular flexibility index (Phi) is 6.56. The van der Waals surface area contributed by atoms with E-state index in [2.05, 4.69) is 67.4 Å². The SMILES string of the molecule is CNc1cc(-c2cncc(-c3ccc(CN4CCN(C)CC4)cc3)c2)nc(-c2ccccn2)n1. The number of nitrogens with zero attached hydrogens (tertiary/aromatic N) is 6. The molecule has 1 aliphatic heterocycles. The van der Waals surface area contributed by atoms with Crippen LogP contribution in [0.25, 0.3) is 33.9 Å². The van der Waals surface area contributed by atoms with Crippen molar-refractivity contribution in [3.63, 3.8) is 0 Å². The third-order valence-electron chi connectivity index (χ3n) is 6.20. The Labute approximate surface area is 200 Å². The molecular formula is C27H29N7. The molecule has 0 radical (unpaired) electrons. The van der Waals surface area contributed by atoms with Crippen LogP contribution in [0.1, 0.15) is 5.56 Å². The van der Waals surface area contributed by atoms with Crippen LogP contribution in [0.3, 0.4) is 0 Å². The van der Waals surface area contributed by atoms with Crippen molar-refractivity contribution < 1.29 is 0 Å². The van der Waals surface area contributed by atoms with Gasteiger partial charge in [-0.25, -0.2) is 9.97 Å². The Bertz CT molecular complexity index is 1230. The molecule has 4 aromatic rings. The molecule has 4 heterocycles. The summed E-state index contributed by atoms with van der Waals surface area (Å²) in [6, 6.07) is 18.6. The standard InChI is InChI=1S/C27H29N7/c1-28-26-16-25(31-27(32-26)24-5-3-4-10-30-24)23-15-22(17-29-18-23)21-8-6-20(7-9-21)19-34-13-11-33(2)12-14-34/h3-10,15-18H,11-14,19H2,1-2H3,(H,28,31,32). The number of aromatic nitrogens is 4. The summed E-state index contributed by atoms with van der Waals surface area (Å²) in [6.07, 6.45) is 5.49. The molecular weight excluding hydrogens is 422 g/mol. The summed E-state index contributed by atoms with van der Waals surface area (Å²) in [5.74, 6) is 1.32. The van der Waals surface area contributed by atoms with E-state index < -0.39 is 0 Å². The first-order valence-electron chi connectivity index (χ1n) is 11.6. The van der Waals surface area contributed by atoms with Crippen LogP contribution >= 0.6 is 0 Å². The van der Waals surface area contributed by atoms with Gasteiger partial charge >= 0.3 is 0 Å². The van der Waals surface area contributed by atoms with Crippen LogP contribution in [-0.2, 0) is 6.54 Å². The lowest BCUT2D eigenvalue weighted by Crippen LogP contribution is -2.43. The Morgan fingerprint density at radius 1 is 0.824 bits per heavy atom. The minimum atomic E-state index is 0.584. The number of rotatable bonds is 6. The van der Waals surface area contributed by atoms with Crippen molar-refractivity contribution in [1.82, 2.24) is 29.7 Å². The van der Waals surface area contributed by atoms with E-state index in [1.54, 1.807) is 6.20 Å².